The quantitative estimate of drug-likeness (QED) is 0.732. The van der Waals surface area contributed by atoms with Gasteiger partial charge in [0.2, 0.25) is 0 Å². The summed E-state index contributed by atoms with van der Waals surface area (Å²) in [5, 5.41) is 0. The van der Waals surface area contributed by atoms with Crippen LogP contribution >= 0.6 is 0 Å². The van der Waals surface area contributed by atoms with E-state index in [9.17, 15) is 4.39 Å². The number of rotatable bonds is 6. The molecule has 1 saturated heterocycles. The van der Waals surface area contributed by atoms with Crippen LogP contribution in [0.3, 0.4) is 0 Å². The Hall–Kier alpha value is -1.27. The van der Waals surface area contributed by atoms with Gasteiger partial charge in [-0.15, -0.1) is 0 Å². The number of aromatic nitrogens is 2. The first-order valence-electron chi connectivity index (χ1n) is 6.72. The summed E-state index contributed by atoms with van der Waals surface area (Å²) >= 11 is 0. The molecule has 0 spiro atoms. The molecule has 0 bridgehead atoms. The summed E-state index contributed by atoms with van der Waals surface area (Å²) in [7, 11) is 0. The van der Waals surface area contributed by atoms with Crippen LogP contribution in [0.1, 0.15) is 19.8 Å². The van der Waals surface area contributed by atoms with Crippen LogP contribution < -0.4 is 4.74 Å². The number of ether oxygens (including phenoxy) is 2. The minimum Gasteiger partial charge on any atom is -0.460 e. The lowest BCUT2D eigenvalue weighted by molar-refractivity contribution is 0.0650. The third kappa shape index (κ3) is 4.72. The lowest BCUT2D eigenvalue weighted by Crippen LogP contribution is -2.40. The van der Waals surface area contributed by atoms with Gasteiger partial charge in [0.15, 0.2) is 5.82 Å². The summed E-state index contributed by atoms with van der Waals surface area (Å²) in [6.45, 7) is 6.48. The Balaban J connectivity index is 1.69. The first-order valence-corrected chi connectivity index (χ1v) is 6.72. The maximum Gasteiger partial charge on any atom is 0.316 e. The fraction of sp³-hybridized carbons (Fsp3) is 0.692. The maximum absolute atomic E-state index is 12.7. The topological polar surface area (TPSA) is 47.5 Å². The van der Waals surface area contributed by atoms with E-state index in [-0.39, 0.29) is 12.1 Å². The van der Waals surface area contributed by atoms with Crippen molar-refractivity contribution in [2.45, 2.75) is 25.9 Å². The molecule has 1 fully saturated rings. The number of piperidine rings is 1. The zero-order valence-corrected chi connectivity index (χ0v) is 11.2. The molecule has 2 heterocycles. The van der Waals surface area contributed by atoms with Gasteiger partial charge in [0.25, 0.3) is 0 Å². The Bertz CT molecular complexity index is 367. The second kappa shape index (κ2) is 7.35. The Morgan fingerprint density at radius 1 is 1.32 bits per heavy atom. The van der Waals surface area contributed by atoms with Crippen molar-refractivity contribution in [3.8, 4) is 6.01 Å². The van der Waals surface area contributed by atoms with Crippen molar-refractivity contribution in [3.63, 3.8) is 0 Å². The molecule has 1 aliphatic rings. The molecule has 106 valence electrons. The predicted molar refractivity (Wildman–Crippen MR) is 68.6 cm³/mol. The Morgan fingerprint density at radius 2 is 2.00 bits per heavy atom. The van der Waals surface area contributed by atoms with Crippen LogP contribution in [0.2, 0.25) is 0 Å². The fourth-order valence-electron chi connectivity index (χ4n) is 2.10. The molecular weight excluding hydrogens is 249 g/mol. The van der Waals surface area contributed by atoms with Gasteiger partial charge in [-0.25, -0.2) is 14.4 Å². The van der Waals surface area contributed by atoms with E-state index in [1.165, 1.54) is 0 Å². The first kappa shape index (κ1) is 14.1. The normalized spacial score (nSPS) is 17.6. The Kier molecular flexibility index (Phi) is 5.47. The molecule has 0 unspecified atom stereocenters. The van der Waals surface area contributed by atoms with Crippen LogP contribution in [0.25, 0.3) is 0 Å². The molecule has 6 heteroatoms. The molecule has 19 heavy (non-hydrogen) atoms. The standard InChI is InChI=1S/C13H20FN3O2/c1-2-18-8-7-17-5-3-12(4-6-17)19-13-15-9-11(14)10-16-13/h9-10,12H,2-8H2,1H3. The number of halogens is 1. The highest BCUT2D eigenvalue weighted by Gasteiger charge is 2.20. The van der Waals surface area contributed by atoms with Gasteiger partial charge in [-0.2, -0.15) is 0 Å². The fourth-order valence-corrected chi connectivity index (χ4v) is 2.10. The van der Waals surface area contributed by atoms with Gasteiger partial charge < -0.3 is 14.4 Å². The summed E-state index contributed by atoms with van der Waals surface area (Å²) in [4.78, 5) is 9.98. The van der Waals surface area contributed by atoms with Crippen molar-refractivity contribution >= 4 is 0 Å². The van der Waals surface area contributed by atoms with E-state index in [1.807, 2.05) is 6.92 Å². The highest BCUT2D eigenvalue weighted by atomic mass is 19.1. The minimum absolute atomic E-state index is 0.119. The number of nitrogens with zero attached hydrogens (tertiary/aromatic N) is 3. The molecule has 0 aliphatic carbocycles. The van der Waals surface area contributed by atoms with Gasteiger partial charge in [0.1, 0.15) is 6.10 Å². The molecule has 0 saturated carbocycles. The highest BCUT2D eigenvalue weighted by molar-refractivity contribution is 4.96. The van der Waals surface area contributed by atoms with Crippen LogP contribution in [-0.4, -0.2) is 53.8 Å². The Morgan fingerprint density at radius 3 is 2.63 bits per heavy atom. The monoisotopic (exact) mass is 269 g/mol. The molecule has 0 aromatic carbocycles. The van der Waals surface area contributed by atoms with Gasteiger partial charge in [-0.3, -0.25) is 0 Å². The molecular formula is C13H20FN3O2. The van der Waals surface area contributed by atoms with Crippen LogP contribution in [0, 0.1) is 5.82 Å². The van der Waals surface area contributed by atoms with Crippen LogP contribution in [0.15, 0.2) is 12.4 Å². The summed E-state index contributed by atoms with van der Waals surface area (Å²) in [5.74, 6) is -0.446. The molecule has 0 amide bonds. The van der Waals surface area contributed by atoms with E-state index in [0.29, 0.717) is 0 Å². The van der Waals surface area contributed by atoms with Crippen molar-refractivity contribution in [3.05, 3.63) is 18.2 Å². The summed E-state index contributed by atoms with van der Waals surface area (Å²) < 4.78 is 23.6. The van der Waals surface area contributed by atoms with Gasteiger partial charge >= 0.3 is 6.01 Å². The van der Waals surface area contributed by atoms with Gasteiger partial charge in [0.05, 0.1) is 19.0 Å². The van der Waals surface area contributed by atoms with Crippen molar-refractivity contribution in [1.82, 2.24) is 14.9 Å². The molecule has 1 aliphatic heterocycles. The van der Waals surface area contributed by atoms with Crippen molar-refractivity contribution in [1.29, 1.82) is 0 Å². The predicted octanol–water partition coefficient (Wildman–Crippen LogP) is 1.50. The van der Waals surface area contributed by atoms with E-state index in [0.717, 1.165) is 58.1 Å². The van der Waals surface area contributed by atoms with E-state index in [2.05, 4.69) is 14.9 Å². The minimum atomic E-state index is -0.446. The zero-order valence-electron chi connectivity index (χ0n) is 11.2. The van der Waals surface area contributed by atoms with Crippen LogP contribution in [0.4, 0.5) is 4.39 Å². The van der Waals surface area contributed by atoms with Crippen molar-refractivity contribution in [2.24, 2.45) is 0 Å². The number of hydrogen-bond donors (Lipinski definition) is 0. The average molecular weight is 269 g/mol. The third-order valence-electron chi connectivity index (χ3n) is 3.16. The first-order chi connectivity index (χ1) is 9.28. The average Bonchev–Trinajstić information content (AvgIpc) is 2.44. The molecule has 0 atom stereocenters. The summed E-state index contributed by atoms with van der Waals surface area (Å²) in [6, 6.07) is 0.258. The lowest BCUT2D eigenvalue weighted by atomic mass is 10.1. The van der Waals surface area contributed by atoms with Gasteiger partial charge in [-0.1, -0.05) is 0 Å². The SMILES string of the molecule is CCOCCN1CCC(Oc2ncc(F)cn2)CC1. The Labute approximate surface area is 112 Å². The van der Waals surface area contributed by atoms with E-state index in [4.69, 9.17) is 9.47 Å². The maximum atomic E-state index is 12.7. The zero-order chi connectivity index (χ0) is 13.5. The molecule has 2 rings (SSSR count). The van der Waals surface area contributed by atoms with E-state index in [1.54, 1.807) is 0 Å². The molecule has 0 N–H and O–H groups in total. The van der Waals surface area contributed by atoms with Crippen molar-refractivity contribution < 1.29 is 13.9 Å². The van der Waals surface area contributed by atoms with E-state index >= 15 is 0 Å². The number of hydrogen-bond acceptors (Lipinski definition) is 5. The van der Waals surface area contributed by atoms with Crippen molar-refractivity contribution in [2.75, 3.05) is 32.8 Å². The third-order valence-corrected chi connectivity index (χ3v) is 3.16. The van der Waals surface area contributed by atoms with Gasteiger partial charge in [-0.05, 0) is 19.8 Å². The molecule has 5 nitrogen and oxygen atoms in total. The highest BCUT2D eigenvalue weighted by Crippen LogP contribution is 2.15. The van der Waals surface area contributed by atoms with Crippen LogP contribution in [-0.2, 0) is 4.74 Å². The molecule has 0 radical (unpaired) electrons. The smallest absolute Gasteiger partial charge is 0.316 e. The lowest BCUT2D eigenvalue weighted by Gasteiger charge is -2.31. The molecule has 1 aromatic heterocycles. The second-order valence-electron chi connectivity index (χ2n) is 4.54. The largest absolute Gasteiger partial charge is 0.460 e. The van der Waals surface area contributed by atoms with E-state index < -0.39 is 5.82 Å². The summed E-state index contributed by atoms with van der Waals surface area (Å²) in [5.41, 5.74) is 0. The summed E-state index contributed by atoms with van der Waals surface area (Å²) in [6.07, 6.45) is 4.24. The number of likely N-dealkylation sites (tertiary alicyclic amines) is 1. The molecule has 1 aromatic rings. The van der Waals surface area contributed by atoms with Gasteiger partial charge in [0, 0.05) is 26.2 Å². The second-order valence-corrected chi connectivity index (χ2v) is 4.54. The van der Waals surface area contributed by atoms with Crippen LogP contribution in [0.5, 0.6) is 6.01 Å².